The maximum Gasteiger partial charge on any atom is 0.355 e. The van der Waals surface area contributed by atoms with Crippen LogP contribution in [0.5, 0.6) is 0 Å². The van der Waals surface area contributed by atoms with Crippen molar-refractivity contribution in [3.05, 3.63) is 23.9 Å². The van der Waals surface area contributed by atoms with Gasteiger partial charge in [0.25, 0.3) is 0 Å². The average molecular weight is 151 g/mol. The minimum absolute atomic E-state index is 0.162. The van der Waals surface area contributed by atoms with Gasteiger partial charge in [0.1, 0.15) is 0 Å². The van der Waals surface area contributed by atoms with Crippen LogP contribution in [0.25, 0.3) is 0 Å². The Hall–Kier alpha value is -1.38. The molecule has 1 N–H and O–H groups in total. The van der Waals surface area contributed by atoms with Crippen molar-refractivity contribution >= 4 is 11.7 Å². The summed E-state index contributed by atoms with van der Waals surface area (Å²) >= 11 is 0. The molecule has 0 aromatic carbocycles. The molecule has 3 heteroatoms. The summed E-state index contributed by atoms with van der Waals surface area (Å²) in [6.07, 6.45) is 6.14. The molecule has 1 aliphatic rings. The Morgan fingerprint density at radius 1 is 1.82 bits per heavy atom. The summed E-state index contributed by atoms with van der Waals surface area (Å²) in [5, 5.41) is 8.50. The van der Waals surface area contributed by atoms with Crippen molar-refractivity contribution in [3.8, 4) is 0 Å². The second-order valence-electron chi connectivity index (χ2n) is 2.18. The van der Waals surface area contributed by atoms with Gasteiger partial charge in [-0.3, -0.25) is 0 Å². The predicted octanol–water partition coefficient (Wildman–Crippen LogP) is 1.38. The van der Waals surface area contributed by atoms with E-state index in [-0.39, 0.29) is 5.71 Å². The normalized spacial score (nSPS) is 15.7. The first-order valence-electron chi connectivity index (χ1n) is 3.44. The van der Waals surface area contributed by atoms with Gasteiger partial charge in [0, 0.05) is 11.8 Å². The van der Waals surface area contributed by atoms with Gasteiger partial charge in [-0.2, -0.15) is 0 Å². The summed E-state index contributed by atoms with van der Waals surface area (Å²) in [4.78, 5) is 14.0. The van der Waals surface area contributed by atoms with E-state index in [9.17, 15) is 4.79 Å². The Kier molecular flexibility index (Phi) is 2.21. The van der Waals surface area contributed by atoms with Gasteiger partial charge in [0.05, 0.1) is 0 Å². The number of hydrogen-bond donors (Lipinski definition) is 1. The molecule has 3 nitrogen and oxygen atoms in total. The van der Waals surface area contributed by atoms with Crippen molar-refractivity contribution in [1.82, 2.24) is 0 Å². The van der Waals surface area contributed by atoms with E-state index < -0.39 is 5.97 Å². The van der Waals surface area contributed by atoms with Crippen LogP contribution < -0.4 is 0 Å². The lowest BCUT2D eigenvalue weighted by Gasteiger charge is -2.07. The van der Waals surface area contributed by atoms with E-state index in [0.29, 0.717) is 5.57 Å². The van der Waals surface area contributed by atoms with Gasteiger partial charge in [-0.05, 0) is 6.42 Å². The molecule has 0 aliphatic carbocycles. The first-order valence-corrected chi connectivity index (χ1v) is 3.44. The summed E-state index contributed by atoms with van der Waals surface area (Å²) in [5.74, 6) is -0.955. The van der Waals surface area contributed by atoms with E-state index in [1.165, 1.54) is 0 Å². The molecule has 0 atom stereocenters. The topological polar surface area (TPSA) is 49.7 Å². The van der Waals surface area contributed by atoms with Crippen LogP contribution in [0, 0.1) is 0 Å². The third kappa shape index (κ3) is 1.55. The van der Waals surface area contributed by atoms with E-state index in [1.807, 2.05) is 13.0 Å². The van der Waals surface area contributed by atoms with Crippen LogP contribution in [0.2, 0.25) is 0 Å². The lowest BCUT2D eigenvalue weighted by Crippen LogP contribution is -2.19. The highest BCUT2D eigenvalue weighted by Crippen LogP contribution is 2.11. The number of carboxylic acids is 1. The monoisotopic (exact) mass is 151 g/mol. The minimum Gasteiger partial charge on any atom is -0.476 e. The molecule has 0 fully saturated rings. The minimum atomic E-state index is -0.955. The van der Waals surface area contributed by atoms with Crippen molar-refractivity contribution in [2.75, 3.05) is 0 Å². The SMILES string of the molecule is CCC=CC1=CN=C1C(=O)O. The molecule has 0 unspecified atom stereocenters. The average Bonchev–Trinajstić information content (AvgIpc) is 1.84. The number of carbonyl (C=O) groups is 1. The molecule has 11 heavy (non-hydrogen) atoms. The van der Waals surface area contributed by atoms with Gasteiger partial charge in [-0.1, -0.05) is 19.1 Å². The van der Waals surface area contributed by atoms with Gasteiger partial charge < -0.3 is 5.11 Å². The highest BCUT2D eigenvalue weighted by Gasteiger charge is 2.17. The molecule has 1 heterocycles. The van der Waals surface area contributed by atoms with E-state index in [0.717, 1.165) is 6.42 Å². The molecule has 0 spiro atoms. The van der Waals surface area contributed by atoms with Crippen LogP contribution >= 0.6 is 0 Å². The molecule has 0 bridgehead atoms. The van der Waals surface area contributed by atoms with Crippen molar-refractivity contribution in [1.29, 1.82) is 0 Å². The number of allylic oxidation sites excluding steroid dienone is 2. The van der Waals surface area contributed by atoms with Crippen LogP contribution in [-0.4, -0.2) is 16.8 Å². The number of aliphatic carboxylic acids is 1. The summed E-state index contributed by atoms with van der Waals surface area (Å²) in [6, 6.07) is 0. The number of carboxylic acid groups (broad SMARTS) is 1. The fraction of sp³-hybridized carbons (Fsp3) is 0.250. The molecule has 0 saturated heterocycles. The molecule has 0 radical (unpaired) electrons. The predicted molar refractivity (Wildman–Crippen MR) is 42.6 cm³/mol. The fourth-order valence-electron chi connectivity index (χ4n) is 0.749. The molecule has 58 valence electrons. The molecular weight excluding hydrogens is 142 g/mol. The number of aliphatic imine (C=N–C) groups is 1. The maximum atomic E-state index is 10.3. The summed E-state index contributed by atoms with van der Waals surface area (Å²) in [6.45, 7) is 1.99. The summed E-state index contributed by atoms with van der Waals surface area (Å²) in [7, 11) is 0. The number of nitrogens with zero attached hydrogens (tertiary/aromatic N) is 1. The Morgan fingerprint density at radius 2 is 2.55 bits per heavy atom. The van der Waals surface area contributed by atoms with Crippen LogP contribution in [-0.2, 0) is 4.79 Å². The van der Waals surface area contributed by atoms with Crippen LogP contribution in [0.1, 0.15) is 13.3 Å². The Morgan fingerprint density at radius 3 is 2.91 bits per heavy atom. The van der Waals surface area contributed by atoms with Crippen molar-refractivity contribution in [2.24, 2.45) is 4.99 Å². The second kappa shape index (κ2) is 3.14. The van der Waals surface area contributed by atoms with Gasteiger partial charge in [-0.15, -0.1) is 0 Å². The van der Waals surface area contributed by atoms with Crippen molar-refractivity contribution < 1.29 is 9.90 Å². The zero-order valence-electron chi connectivity index (χ0n) is 6.24. The van der Waals surface area contributed by atoms with Crippen LogP contribution in [0.3, 0.4) is 0 Å². The van der Waals surface area contributed by atoms with Crippen LogP contribution in [0.4, 0.5) is 0 Å². The second-order valence-corrected chi connectivity index (χ2v) is 2.18. The first-order chi connectivity index (χ1) is 5.25. The van der Waals surface area contributed by atoms with Gasteiger partial charge in [0.2, 0.25) is 0 Å². The molecule has 1 aliphatic heterocycles. The maximum absolute atomic E-state index is 10.3. The van der Waals surface area contributed by atoms with Crippen molar-refractivity contribution in [3.63, 3.8) is 0 Å². The fourth-order valence-corrected chi connectivity index (χ4v) is 0.749. The Balaban J connectivity index is 2.54. The zero-order valence-corrected chi connectivity index (χ0v) is 6.24. The summed E-state index contributed by atoms with van der Waals surface area (Å²) < 4.78 is 0. The van der Waals surface area contributed by atoms with Gasteiger partial charge in [0.15, 0.2) is 5.71 Å². The zero-order chi connectivity index (χ0) is 8.27. The summed E-state index contributed by atoms with van der Waals surface area (Å²) in [5.41, 5.74) is 0.869. The standard InChI is InChI=1S/C8H9NO2/c1-2-3-4-6-5-9-7(6)8(10)11/h3-5H,2H2,1H3,(H,10,11). The quantitative estimate of drug-likeness (QED) is 0.662. The van der Waals surface area contributed by atoms with Gasteiger partial charge >= 0.3 is 5.97 Å². The highest BCUT2D eigenvalue weighted by atomic mass is 16.4. The lowest BCUT2D eigenvalue weighted by atomic mass is 10.1. The molecule has 0 aromatic heterocycles. The smallest absolute Gasteiger partial charge is 0.355 e. The van der Waals surface area contributed by atoms with Gasteiger partial charge in [-0.25, -0.2) is 9.79 Å². The molecule has 0 aromatic rings. The Bertz CT molecular complexity index is 261. The molecular formula is C8H9NO2. The first kappa shape index (κ1) is 7.72. The van der Waals surface area contributed by atoms with Crippen LogP contribution in [0.15, 0.2) is 28.9 Å². The third-order valence-corrected chi connectivity index (χ3v) is 1.34. The largest absolute Gasteiger partial charge is 0.476 e. The molecule has 0 amide bonds. The van der Waals surface area contributed by atoms with Crippen molar-refractivity contribution in [2.45, 2.75) is 13.3 Å². The number of rotatable bonds is 3. The van der Waals surface area contributed by atoms with E-state index in [1.54, 1.807) is 12.3 Å². The third-order valence-electron chi connectivity index (χ3n) is 1.34. The van der Waals surface area contributed by atoms with E-state index >= 15 is 0 Å². The highest BCUT2D eigenvalue weighted by molar-refractivity contribution is 6.45. The lowest BCUT2D eigenvalue weighted by molar-refractivity contribution is -0.129. The molecule has 0 saturated carbocycles. The van der Waals surface area contributed by atoms with E-state index in [2.05, 4.69) is 4.99 Å². The number of hydrogen-bond acceptors (Lipinski definition) is 2. The van der Waals surface area contributed by atoms with E-state index in [4.69, 9.17) is 5.11 Å². The Labute approximate surface area is 64.8 Å². The molecule has 1 rings (SSSR count).